The van der Waals surface area contributed by atoms with Gasteiger partial charge in [0.05, 0.1) is 63.3 Å². The molecule has 2 radical (unpaired) electrons. The molecule has 1 saturated heterocycles. The summed E-state index contributed by atoms with van der Waals surface area (Å²) >= 11 is 0. The third-order valence-corrected chi connectivity index (χ3v) is 159. The van der Waals surface area contributed by atoms with Gasteiger partial charge in [0.2, 0.25) is 0 Å². The minimum atomic E-state index is -1.46. The molecule has 0 atom stereocenters. The molecule has 0 aromatic rings. The summed E-state index contributed by atoms with van der Waals surface area (Å²) < 4.78 is 6.39. The number of nitrogens with zero attached hydrogens (tertiary/aromatic N) is 2. The molecule has 178 valence electrons. The fraction of sp³-hybridized carbons (Fsp3) is 1.00. The van der Waals surface area contributed by atoms with Crippen molar-refractivity contribution in [3.8, 4) is 0 Å². The second-order valence-electron chi connectivity index (χ2n) is 15.7. The first-order valence-corrected chi connectivity index (χ1v) is 44.2. The van der Waals surface area contributed by atoms with E-state index in [1.165, 1.54) is 0 Å². The fourth-order valence-electron chi connectivity index (χ4n) is 8.98. The minimum absolute atomic E-state index is 1.27. The zero-order valence-corrected chi connectivity index (χ0v) is 33.6. The van der Waals surface area contributed by atoms with E-state index in [2.05, 4.69) is 126 Å². The molecule has 1 aliphatic rings. The summed E-state index contributed by atoms with van der Waals surface area (Å²) in [4.78, 5) is 0. The molecule has 0 aliphatic carbocycles. The van der Waals surface area contributed by atoms with E-state index in [1.54, 1.807) is 17.8 Å². The van der Waals surface area contributed by atoms with Crippen LogP contribution in [0.2, 0.25) is 118 Å². The Hall–Kier alpha value is 2.52. The lowest BCUT2D eigenvalue weighted by Crippen LogP contribution is -2.92. The molecule has 1 heterocycles. The Labute approximate surface area is 201 Å². The molecule has 1 rings (SSSR count). The summed E-state index contributed by atoms with van der Waals surface area (Å²) in [7, 11) is -4.25. The summed E-state index contributed by atoms with van der Waals surface area (Å²) in [5, 5.41) is 0. The van der Waals surface area contributed by atoms with Crippen molar-refractivity contribution in [2.45, 2.75) is 118 Å². The van der Waals surface area contributed by atoms with Gasteiger partial charge in [0, 0.05) is 0 Å². The van der Waals surface area contributed by atoms with Crippen LogP contribution in [0.25, 0.3) is 0 Å². The average Bonchev–Trinajstić information content (AvgIpc) is 2.24. The van der Waals surface area contributed by atoms with Crippen molar-refractivity contribution in [2.24, 2.45) is 0 Å². The third-order valence-electron chi connectivity index (χ3n) is 7.45. The van der Waals surface area contributed by atoms with Crippen LogP contribution in [0.3, 0.4) is 0 Å². The molecule has 1 aliphatic heterocycles. The molecule has 1 fully saturated rings. The lowest BCUT2D eigenvalue weighted by molar-refractivity contribution is 0.916. The van der Waals surface area contributed by atoms with Crippen molar-refractivity contribution in [2.75, 3.05) is 0 Å². The van der Waals surface area contributed by atoms with Crippen LogP contribution >= 0.6 is 17.8 Å². The molecular formula is C18H54N2P2Si8. The van der Waals surface area contributed by atoms with Gasteiger partial charge in [-0.1, -0.05) is 118 Å². The van der Waals surface area contributed by atoms with Crippen molar-refractivity contribution in [1.29, 1.82) is 0 Å². The Morgan fingerprint density at radius 2 is 0.433 bits per heavy atom. The first-order valence-electron chi connectivity index (χ1n) is 11.7. The predicted molar refractivity (Wildman–Crippen MR) is 169 cm³/mol. The van der Waals surface area contributed by atoms with Crippen molar-refractivity contribution in [3.63, 3.8) is 0 Å². The van der Waals surface area contributed by atoms with Gasteiger partial charge in [0.15, 0.2) is 0 Å². The van der Waals surface area contributed by atoms with E-state index < -0.39 is 59.1 Å². The quantitative estimate of drug-likeness (QED) is 0.208. The summed E-state index contributed by atoms with van der Waals surface area (Å²) in [5.74, 6) is 0. The van der Waals surface area contributed by atoms with E-state index in [-0.39, 0.29) is 0 Å². The molecule has 2 nitrogen and oxygen atoms in total. The molecule has 30 heavy (non-hydrogen) atoms. The Kier molecular flexibility index (Phi) is 8.73. The van der Waals surface area contributed by atoms with E-state index in [0.29, 0.717) is 0 Å². The van der Waals surface area contributed by atoms with Crippen LogP contribution in [0.4, 0.5) is 0 Å². The maximum Gasteiger partial charge on any atom is 0.114 e. The van der Waals surface area contributed by atoms with Crippen LogP contribution in [0.1, 0.15) is 0 Å². The number of rotatable bonds is 8. The van der Waals surface area contributed by atoms with Crippen LogP contribution in [0, 0.1) is 0 Å². The van der Waals surface area contributed by atoms with Crippen LogP contribution in [-0.2, 0) is 0 Å². The maximum absolute atomic E-state index is 3.19. The van der Waals surface area contributed by atoms with Crippen LogP contribution in [-0.4, -0.2) is 67.3 Å². The van der Waals surface area contributed by atoms with Gasteiger partial charge in [-0.05, 0) is 0 Å². The second kappa shape index (κ2) is 8.57. The van der Waals surface area contributed by atoms with Crippen molar-refractivity contribution in [3.05, 3.63) is 0 Å². The molecule has 0 unspecified atom stereocenters. The van der Waals surface area contributed by atoms with E-state index in [9.17, 15) is 0 Å². The molecular weight excluding hydrogens is 531 g/mol. The minimum Gasteiger partial charge on any atom is -0.254 e. The van der Waals surface area contributed by atoms with Gasteiger partial charge in [-0.3, -0.25) is 8.21 Å². The standard InChI is InChI=1S/C18H54N2P2Si8/c1-23(2,3)29(24(4,5)6,25(7,8)9)19-21-20(22-19)30(26(10,11)12,27(13,14)15)28(16,17)18/h1-18H3. The van der Waals surface area contributed by atoms with Crippen molar-refractivity contribution < 1.29 is 0 Å². The van der Waals surface area contributed by atoms with Crippen LogP contribution in [0.15, 0.2) is 0 Å². The van der Waals surface area contributed by atoms with Gasteiger partial charge < -0.3 is 0 Å². The highest BCUT2D eigenvalue weighted by molar-refractivity contribution is 8.00. The fourth-order valence-corrected chi connectivity index (χ4v) is 242. The first kappa shape index (κ1) is 30.5. The highest BCUT2D eigenvalue weighted by Gasteiger charge is 2.73. The predicted octanol–water partition coefficient (Wildman–Crippen LogP) is 8.55. The monoisotopic (exact) mass is 584 g/mol. The number of hydrogen-bond donors (Lipinski definition) is 0. The summed E-state index contributed by atoms with van der Waals surface area (Å²) in [6.45, 7) is 46.6. The lowest BCUT2D eigenvalue weighted by Gasteiger charge is -2.71. The summed E-state index contributed by atoms with van der Waals surface area (Å²) in [5.41, 5.74) is 0. The van der Waals surface area contributed by atoms with Crippen molar-refractivity contribution in [1.82, 2.24) is 8.21 Å². The summed E-state index contributed by atoms with van der Waals surface area (Å²) in [6.07, 6.45) is 0. The van der Waals surface area contributed by atoms with E-state index in [0.717, 1.165) is 0 Å². The Morgan fingerprint density at radius 1 is 0.300 bits per heavy atom. The SMILES string of the molecule is C[Si](C)(C)[Si](N1[P]N([Si]([Si](C)(C)C)([Si](C)(C)C)[Si](C)(C)C)[P]1)([Si](C)(C)C)[Si](C)(C)C. The molecule has 0 bridgehead atoms. The topological polar surface area (TPSA) is 6.48 Å². The Bertz CT molecular complexity index is 501. The maximum atomic E-state index is 3.19. The van der Waals surface area contributed by atoms with Gasteiger partial charge >= 0.3 is 0 Å². The van der Waals surface area contributed by atoms with Gasteiger partial charge in [-0.2, -0.15) is 0 Å². The zero-order chi connectivity index (χ0) is 24.6. The highest BCUT2D eigenvalue weighted by Crippen LogP contribution is 2.66. The molecule has 0 N–H and O–H groups in total. The highest BCUT2D eigenvalue weighted by atomic mass is 31.2. The van der Waals surface area contributed by atoms with E-state index >= 15 is 0 Å². The normalized spacial score (nSPS) is 21.4. The average molecular weight is 585 g/mol. The molecule has 0 amide bonds. The third kappa shape index (κ3) is 4.54. The molecule has 0 aromatic heterocycles. The van der Waals surface area contributed by atoms with Crippen LogP contribution < -0.4 is 0 Å². The smallest absolute Gasteiger partial charge is 0.114 e. The van der Waals surface area contributed by atoms with Gasteiger partial charge in [-0.15, -0.1) is 0 Å². The van der Waals surface area contributed by atoms with E-state index in [1.807, 2.05) is 0 Å². The zero-order valence-electron chi connectivity index (χ0n) is 23.8. The molecule has 0 aromatic carbocycles. The Balaban J connectivity index is 3.68. The number of hydrogen-bond acceptors (Lipinski definition) is 2. The molecule has 0 spiro atoms. The second-order valence-corrected chi connectivity index (χ2v) is 99.5. The van der Waals surface area contributed by atoms with Crippen molar-refractivity contribution >= 4 is 76.9 Å². The Morgan fingerprint density at radius 3 is 0.533 bits per heavy atom. The van der Waals surface area contributed by atoms with E-state index in [4.69, 9.17) is 0 Å². The van der Waals surface area contributed by atoms with Crippen LogP contribution in [0.5, 0.6) is 0 Å². The van der Waals surface area contributed by atoms with Gasteiger partial charge in [0.25, 0.3) is 0 Å². The first-order chi connectivity index (χ1) is 12.7. The van der Waals surface area contributed by atoms with Gasteiger partial charge in [0.1, 0.15) is 13.6 Å². The lowest BCUT2D eigenvalue weighted by atomic mass is 11.8. The molecule has 0 saturated carbocycles. The molecule has 12 heteroatoms. The van der Waals surface area contributed by atoms with Gasteiger partial charge in [-0.25, -0.2) is 0 Å². The largest absolute Gasteiger partial charge is 0.254 e. The summed E-state index contributed by atoms with van der Waals surface area (Å²) in [6, 6.07) is 0.